The van der Waals surface area contributed by atoms with Crippen LogP contribution in [0.15, 0.2) is 47.3 Å². The first-order valence-electron chi connectivity index (χ1n) is 9.66. The second-order valence-corrected chi connectivity index (χ2v) is 7.81. The van der Waals surface area contributed by atoms with Crippen molar-refractivity contribution in [2.24, 2.45) is 5.92 Å². The highest BCUT2D eigenvalue weighted by molar-refractivity contribution is 5.94. The van der Waals surface area contributed by atoms with E-state index in [2.05, 4.69) is 5.32 Å². The summed E-state index contributed by atoms with van der Waals surface area (Å²) in [6.45, 7) is 0.426. The minimum Gasteiger partial charge on any atom is -0.325 e. The van der Waals surface area contributed by atoms with Crippen LogP contribution in [0.4, 0.5) is 13.2 Å². The minimum atomic E-state index is -4.56. The second kappa shape index (κ2) is 7.67. The zero-order chi connectivity index (χ0) is 20.6. The third-order valence-corrected chi connectivity index (χ3v) is 5.61. The van der Waals surface area contributed by atoms with Crippen molar-refractivity contribution in [1.82, 2.24) is 14.8 Å². The molecule has 5 nitrogen and oxygen atoms in total. The van der Waals surface area contributed by atoms with E-state index in [1.807, 2.05) is 0 Å². The quantitative estimate of drug-likeness (QED) is 0.851. The Labute approximate surface area is 166 Å². The highest BCUT2D eigenvalue weighted by Crippen LogP contribution is 2.32. The molecule has 1 aromatic heterocycles. The van der Waals surface area contributed by atoms with E-state index in [9.17, 15) is 22.8 Å². The van der Waals surface area contributed by atoms with Crippen LogP contribution >= 0.6 is 0 Å². The molecule has 2 aliphatic rings. The molecule has 0 spiro atoms. The maximum absolute atomic E-state index is 13.1. The average molecular weight is 405 g/mol. The number of piperidine rings is 1. The summed E-state index contributed by atoms with van der Waals surface area (Å²) in [5, 5.41) is 3.34. The number of rotatable bonds is 4. The summed E-state index contributed by atoms with van der Waals surface area (Å²) >= 11 is 0. The maximum Gasteiger partial charge on any atom is 0.406 e. The predicted molar refractivity (Wildman–Crippen MR) is 102 cm³/mol. The first-order valence-corrected chi connectivity index (χ1v) is 9.66. The Kier molecular flexibility index (Phi) is 5.21. The zero-order valence-electron chi connectivity index (χ0n) is 15.8. The molecule has 1 saturated heterocycles. The van der Waals surface area contributed by atoms with E-state index >= 15 is 0 Å². The third-order valence-electron chi connectivity index (χ3n) is 5.61. The van der Waals surface area contributed by atoms with Crippen LogP contribution in [0.1, 0.15) is 34.0 Å². The van der Waals surface area contributed by atoms with Gasteiger partial charge in [-0.25, -0.2) is 0 Å². The van der Waals surface area contributed by atoms with Gasteiger partial charge in [-0.1, -0.05) is 30.3 Å². The Morgan fingerprint density at radius 3 is 2.62 bits per heavy atom. The number of nitrogens with zero attached hydrogens (tertiary/aromatic N) is 2. The number of carbonyl (C=O) groups excluding carboxylic acids is 1. The second-order valence-electron chi connectivity index (χ2n) is 7.81. The van der Waals surface area contributed by atoms with Crippen LogP contribution in [0.5, 0.6) is 0 Å². The molecule has 1 fully saturated rings. The minimum absolute atomic E-state index is 0.190. The van der Waals surface area contributed by atoms with Gasteiger partial charge in [0.15, 0.2) is 0 Å². The summed E-state index contributed by atoms with van der Waals surface area (Å²) in [4.78, 5) is 26.7. The van der Waals surface area contributed by atoms with E-state index in [0.29, 0.717) is 22.9 Å². The van der Waals surface area contributed by atoms with Gasteiger partial charge in [-0.15, -0.1) is 0 Å². The van der Waals surface area contributed by atoms with Crippen LogP contribution < -0.4 is 10.9 Å². The fourth-order valence-corrected chi connectivity index (χ4v) is 4.34. The smallest absolute Gasteiger partial charge is 0.325 e. The lowest BCUT2D eigenvalue weighted by Gasteiger charge is -2.37. The number of pyridine rings is 1. The first-order chi connectivity index (χ1) is 13.8. The van der Waals surface area contributed by atoms with Crippen LogP contribution in [-0.4, -0.2) is 41.2 Å². The summed E-state index contributed by atoms with van der Waals surface area (Å²) in [5.74, 6) is -0.407. The van der Waals surface area contributed by atoms with Gasteiger partial charge in [0.25, 0.3) is 11.5 Å². The van der Waals surface area contributed by atoms with E-state index in [1.165, 1.54) is 6.07 Å². The van der Waals surface area contributed by atoms with Gasteiger partial charge >= 0.3 is 6.18 Å². The molecule has 1 amide bonds. The maximum atomic E-state index is 13.1. The molecule has 154 valence electrons. The van der Waals surface area contributed by atoms with Crippen LogP contribution in [-0.2, 0) is 13.1 Å². The number of fused-ring (bicyclic) bond motifs is 4. The molecule has 8 heteroatoms. The molecule has 0 aliphatic carbocycles. The Hall–Kier alpha value is -2.61. The molecule has 0 unspecified atom stereocenters. The number of aromatic nitrogens is 1. The molecule has 2 bridgehead atoms. The van der Waals surface area contributed by atoms with E-state index in [0.717, 1.165) is 25.2 Å². The standard InChI is InChI=1S/C21H22F3N3O2/c22-21(23,24)13-26(11-14-4-2-1-3-5-14)19(28)17-6-7-18-16-8-15(9-25-10-16)12-27(18)20(17)29/h1-7,15-16,25H,8-13H2/t15-,16+/m0/s1. The highest BCUT2D eigenvalue weighted by atomic mass is 19.4. The van der Waals surface area contributed by atoms with Crippen molar-refractivity contribution >= 4 is 5.91 Å². The van der Waals surface area contributed by atoms with Crippen LogP contribution in [0.2, 0.25) is 0 Å². The van der Waals surface area contributed by atoms with Crippen molar-refractivity contribution in [3.05, 3.63) is 69.6 Å². The first kappa shape index (κ1) is 19.7. The van der Waals surface area contributed by atoms with E-state index in [1.54, 1.807) is 41.0 Å². The molecular weight excluding hydrogens is 383 g/mol. The van der Waals surface area contributed by atoms with Gasteiger partial charge in [-0.3, -0.25) is 9.59 Å². The van der Waals surface area contributed by atoms with Crippen molar-refractivity contribution in [3.63, 3.8) is 0 Å². The van der Waals surface area contributed by atoms with Gasteiger partial charge in [-0.2, -0.15) is 13.2 Å². The van der Waals surface area contributed by atoms with Crippen molar-refractivity contribution < 1.29 is 18.0 Å². The van der Waals surface area contributed by atoms with Crippen molar-refractivity contribution in [2.45, 2.75) is 31.6 Å². The SMILES string of the molecule is O=C(c1ccc2n(c1=O)C[C@@H]1CNC[C@H]2C1)N(Cc1ccccc1)CC(F)(F)F. The Balaban J connectivity index is 1.67. The number of hydrogen-bond acceptors (Lipinski definition) is 3. The molecule has 0 radical (unpaired) electrons. The fraction of sp³-hybridized carbons (Fsp3) is 0.429. The van der Waals surface area contributed by atoms with Crippen molar-refractivity contribution in [1.29, 1.82) is 0 Å². The van der Waals surface area contributed by atoms with Crippen molar-refractivity contribution in [3.8, 4) is 0 Å². The molecule has 1 N–H and O–H groups in total. The van der Waals surface area contributed by atoms with Gasteiger partial charge in [0.1, 0.15) is 12.1 Å². The van der Waals surface area contributed by atoms with Crippen LogP contribution in [0.3, 0.4) is 0 Å². The molecule has 2 aromatic rings. The van der Waals surface area contributed by atoms with Gasteiger partial charge in [0.2, 0.25) is 0 Å². The van der Waals surface area contributed by atoms with E-state index < -0.39 is 24.2 Å². The monoisotopic (exact) mass is 405 g/mol. The average Bonchev–Trinajstić information content (AvgIpc) is 2.68. The number of hydrogen-bond donors (Lipinski definition) is 1. The fourth-order valence-electron chi connectivity index (χ4n) is 4.34. The third kappa shape index (κ3) is 4.22. The molecule has 3 heterocycles. The normalized spacial score (nSPS) is 20.8. The predicted octanol–water partition coefficient (Wildman–Crippen LogP) is 2.76. The number of benzene rings is 1. The van der Waals surface area contributed by atoms with Crippen molar-refractivity contribution in [2.75, 3.05) is 19.6 Å². The number of halogens is 3. The Morgan fingerprint density at radius 2 is 1.90 bits per heavy atom. The lowest BCUT2D eigenvalue weighted by molar-refractivity contribution is -0.141. The lowest BCUT2D eigenvalue weighted by atomic mass is 9.84. The Morgan fingerprint density at radius 1 is 1.14 bits per heavy atom. The summed E-state index contributed by atoms with van der Waals surface area (Å²) in [6, 6.07) is 11.6. The number of carbonyl (C=O) groups is 1. The lowest BCUT2D eigenvalue weighted by Crippen LogP contribution is -2.47. The summed E-state index contributed by atoms with van der Waals surface area (Å²) in [6.07, 6.45) is -3.58. The van der Waals surface area contributed by atoms with Gasteiger partial charge in [0.05, 0.1) is 0 Å². The molecule has 1 aromatic carbocycles. The largest absolute Gasteiger partial charge is 0.406 e. The van der Waals surface area contributed by atoms with Gasteiger partial charge in [-0.05, 0) is 36.6 Å². The number of amides is 1. The van der Waals surface area contributed by atoms with Gasteiger partial charge in [0, 0.05) is 31.2 Å². The topological polar surface area (TPSA) is 54.3 Å². The number of alkyl halides is 3. The molecule has 4 rings (SSSR count). The van der Waals surface area contributed by atoms with E-state index in [-0.39, 0.29) is 18.0 Å². The summed E-state index contributed by atoms with van der Waals surface area (Å²) in [5.41, 5.74) is 0.718. The molecule has 0 saturated carbocycles. The molecule has 2 aliphatic heterocycles. The van der Waals surface area contributed by atoms with Crippen LogP contribution in [0.25, 0.3) is 0 Å². The molecule has 29 heavy (non-hydrogen) atoms. The molecular formula is C21H22F3N3O2. The number of nitrogens with one attached hydrogen (secondary N) is 1. The zero-order valence-corrected chi connectivity index (χ0v) is 15.8. The van der Waals surface area contributed by atoms with E-state index in [4.69, 9.17) is 0 Å². The summed E-state index contributed by atoms with van der Waals surface area (Å²) in [7, 11) is 0. The van der Waals surface area contributed by atoms with Crippen LogP contribution in [0, 0.1) is 5.92 Å². The highest BCUT2D eigenvalue weighted by Gasteiger charge is 2.36. The summed E-state index contributed by atoms with van der Waals surface area (Å²) < 4.78 is 41.0. The Bertz CT molecular complexity index is 956. The molecule has 2 atom stereocenters. The van der Waals surface area contributed by atoms with Gasteiger partial charge < -0.3 is 14.8 Å².